The Morgan fingerprint density at radius 1 is 1.36 bits per heavy atom. The molecule has 3 rings (SSSR count). The van der Waals surface area contributed by atoms with E-state index in [0.717, 1.165) is 56.8 Å². The van der Waals surface area contributed by atoms with E-state index >= 15 is 0 Å². The zero-order chi connectivity index (χ0) is 15.4. The minimum Gasteiger partial charge on any atom is -0.347 e. The molecule has 2 aliphatic rings. The predicted octanol–water partition coefficient (Wildman–Crippen LogP) is 2.51. The van der Waals surface area contributed by atoms with Crippen LogP contribution in [0.25, 0.3) is 0 Å². The van der Waals surface area contributed by atoms with Crippen LogP contribution in [0.2, 0.25) is 0 Å². The SMILES string of the molecule is CCN1CCN(C(=O)C2=CCCCCC2)C[C@@H]1c1ncc[nH]1. The van der Waals surface area contributed by atoms with E-state index in [1.54, 1.807) is 6.20 Å². The smallest absolute Gasteiger partial charge is 0.249 e. The van der Waals surface area contributed by atoms with Gasteiger partial charge in [-0.3, -0.25) is 9.69 Å². The van der Waals surface area contributed by atoms with Crippen molar-refractivity contribution in [3.05, 3.63) is 29.9 Å². The zero-order valence-electron chi connectivity index (χ0n) is 13.4. The molecule has 0 bridgehead atoms. The first-order chi connectivity index (χ1) is 10.8. The predicted molar refractivity (Wildman–Crippen MR) is 86.3 cm³/mol. The van der Waals surface area contributed by atoms with Crippen LogP contribution < -0.4 is 0 Å². The van der Waals surface area contributed by atoms with E-state index in [2.05, 4.69) is 27.9 Å². The van der Waals surface area contributed by atoms with Gasteiger partial charge in [-0.15, -0.1) is 0 Å². The minimum atomic E-state index is 0.184. The Labute approximate surface area is 132 Å². The average molecular weight is 302 g/mol. The summed E-state index contributed by atoms with van der Waals surface area (Å²) >= 11 is 0. The van der Waals surface area contributed by atoms with E-state index in [9.17, 15) is 4.79 Å². The molecule has 1 aliphatic heterocycles. The Bertz CT molecular complexity index is 523. The van der Waals surface area contributed by atoms with Gasteiger partial charge >= 0.3 is 0 Å². The summed E-state index contributed by atoms with van der Waals surface area (Å²) in [5.74, 6) is 1.21. The van der Waals surface area contributed by atoms with Crippen LogP contribution in [0.15, 0.2) is 24.0 Å². The Morgan fingerprint density at radius 3 is 3.05 bits per heavy atom. The van der Waals surface area contributed by atoms with Gasteiger partial charge in [0.05, 0.1) is 6.04 Å². The molecule has 0 saturated carbocycles. The molecule has 1 aromatic rings. The molecule has 1 saturated heterocycles. The van der Waals surface area contributed by atoms with Crippen molar-refractivity contribution in [2.45, 2.75) is 45.1 Å². The molecule has 120 valence electrons. The summed E-state index contributed by atoms with van der Waals surface area (Å²) < 4.78 is 0. The largest absolute Gasteiger partial charge is 0.347 e. The maximum Gasteiger partial charge on any atom is 0.249 e. The lowest BCUT2D eigenvalue weighted by molar-refractivity contribution is -0.130. The molecule has 0 aromatic carbocycles. The lowest BCUT2D eigenvalue weighted by atomic mass is 10.1. The van der Waals surface area contributed by atoms with Crippen molar-refractivity contribution in [2.24, 2.45) is 0 Å². The van der Waals surface area contributed by atoms with Crippen molar-refractivity contribution in [3.63, 3.8) is 0 Å². The highest BCUT2D eigenvalue weighted by molar-refractivity contribution is 5.93. The minimum absolute atomic E-state index is 0.184. The quantitative estimate of drug-likeness (QED) is 0.933. The maximum absolute atomic E-state index is 12.8. The molecule has 1 aliphatic carbocycles. The highest BCUT2D eigenvalue weighted by Crippen LogP contribution is 2.25. The van der Waals surface area contributed by atoms with Crippen LogP contribution in [0.5, 0.6) is 0 Å². The van der Waals surface area contributed by atoms with Crippen molar-refractivity contribution >= 4 is 5.91 Å². The summed E-state index contributed by atoms with van der Waals surface area (Å²) in [6.07, 6.45) is 11.4. The summed E-state index contributed by atoms with van der Waals surface area (Å²) in [6.45, 7) is 5.62. The van der Waals surface area contributed by atoms with Crippen LogP contribution in [-0.4, -0.2) is 51.9 Å². The fourth-order valence-electron chi connectivity index (χ4n) is 3.51. The van der Waals surface area contributed by atoms with Gasteiger partial charge in [0.2, 0.25) is 5.91 Å². The van der Waals surface area contributed by atoms with Crippen LogP contribution in [0, 0.1) is 0 Å². The summed E-state index contributed by atoms with van der Waals surface area (Å²) in [6, 6.07) is 0.184. The second-order valence-corrected chi connectivity index (χ2v) is 6.20. The normalized spacial score (nSPS) is 24.0. The molecular formula is C17H26N4O. The van der Waals surface area contributed by atoms with Gasteiger partial charge in [0.1, 0.15) is 5.82 Å². The number of aromatic nitrogens is 2. The summed E-state index contributed by atoms with van der Waals surface area (Å²) in [4.78, 5) is 24.9. The molecule has 1 fully saturated rings. The number of imidazole rings is 1. The number of aromatic amines is 1. The third-order valence-electron chi connectivity index (χ3n) is 4.84. The summed E-state index contributed by atoms with van der Waals surface area (Å²) in [7, 11) is 0. The average Bonchev–Trinajstić information content (AvgIpc) is 2.96. The molecule has 2 heterocycles. The number of hydrogen-bond donors (Lipinski definition) is 1. The second kappa shape index (κ2) is 7.09. The van der Waals surface area contributed by atoms with Crippen LogP contribution in [0.3, 0.4) is 0 Å². The van der Waals surface area contributed by atoms with Crippen molar-refractivity contribution in [3.8, 4) is 0 Å². The van der Waals surface area contributed by atoms with E-state index in [4.69, 9.17) is 0 Å². The maximum atomic E-state index is 12.8. The van der Waals surface area contributed by atoms with Crippen molar-refractivity contribution in [1.82, 2.24) is 19.8 Å². The van der Waals surface area contributed by atoms with Gasteiger partial charge in [-0.1, -0.05) is 19.4 Å². The molecule has 5 heteroatoms. The summed E-state index contributed by atoms with van der Waals surface area (Å²) in [5.41, 5.74) is 1.03. The van der Waals surface area contributed by atoms with Gasteiger partial charge < -0.3 is 9.88 Å². The number of allylic oxidation sites excluding steroid dienone is 1. The van der Waals surface area contributed by atoms with Crippen LogP contribution in [0.1, 0.15) is 50.9 Å². The third-order valence-corrected chi connectivity index (χ3v) is 4.84. The molecule has 0 spiro atoms. The zero-order valence-corrected chi connectivity index (χ0v) is 13.4. The monoisotopic (exact) mass is 302 g/mol. The van der Waals surface area contributed by atoms with Crippen LogP contribution in [-0.2, 0) is 4.79 Å². The van der Waals surface area contributed by atoms with E-state index in [1.165, 1.54) is 12.8 Å². The van der Waals surface area contributed by atoms with Crippen LogP contribution >= 0.6 is 0 Å². The van der Waals surface area contributed by atoms with Gasteiger partial charge in [-0.05, 0) is 32.2 Å². The molecular weight excluding hydrogens is 276 g/mol. The molecule has 0 unspecified atom stereocenters. The Morgan fingerprint density at radius 2 is 2.27 bits per heavy atom. The van der Waals surface area contributed by atoms with E-state index in [0.29, 0.717) is 0 Å². The molecule has 1 N–H and O–H groups in total. The number of carbonyl (C=O) groups is 1. The Balaban J connectivity index is 1.72. The number of likely N-dealkylation sites (N-methyl/N-ethyl adjacent to an activating group) is 1. The first-order valence-corrected chi connectivity index (χ1v) is 8.51. The molecule has 0 radical (unpaired) electrons. The second-order valence-electron chi connectivity index (χ2n) is 6.20. The number of hydrogen-bond acceptors (Lipinski definition) is 3. The lowest BCUT2D eigenvalue weighted by Crippen LogP contribution is -2.51. The molecule has 1 atom stereocenters. The van der Waals surface area contributed by atoms with Crippen LogP contribution in [0.4, 0.5) is 0 Å². The molecule has 5 nitrogen and oxygen atoms in total. The van der Waals surface area contributed by atoms with E-state index < -0.39 is 0 Å². The van der Waals surface area contributed by atoms with Crippen molar-refractivity contribution < 1.29 is 4.79 Å². The molecule has 1 amide bonds. The fourth-order valence-corrected chi connectivity index (χ4v) is 3.51. The fraction of sp³-hybridized carbons (Fsp3) is 0.647. The molecule has 22 heavy (non-hydrogen) atoms. The number of rotatable bonds is 3. The van der Waals surface area contributed by atoms with E-state index in [1.807, 2.05) is 11.1 Å². The number of carbonyl (C=O) groups excluding carboxylic acids is 1. The van der Waals surface area contributed by atoms with Gasteiger partial charge in [0.25, 0.3) is 0 Å². The highest BCUT2D eigenvalue weighted by Gasteiger charge is 2.32. The number of piperazine rings is 1. The first kappa shape index (κ1) is 15.3. The Kier molecular flexibility index (Phi) is 4.93. The first-order valence-electron chi connectivity index (χ1n) is 8.51. The van der Waals surface area contributed by atoms with Gasteiger partial charge in [-0.25, -0.2) is 4.98 Å². The molecule has 1 aromatic heterocycles. The van der Waals surface area contributed by atoms with Gasteiger partial charge in [0.15, 0.2) is 0 Å². The van der Waals surface area contributed by atoms with Crippen molar-refractivity contribution in [1.29, 1.82) is 0 Å². The van der Waals surface area contributed by atoms with E-state index in [-0.39, 0.29) is 11.9 Å². The van der Waals surface area contributed by atoms with Crippen molar-refractivity contribution in [2.75, 3.05) is 26.2 Å². The Hall–Kier alpha value is -1.62. The number of nitrogens with zero attached hydrogens (tertiary/aromatic N) is 3. The van der Waals surface area contributed by atoms with Gasteiger partial charge in [0, 0.05) is 37.6 Å². The number of amides is 1. The highest BCUT2D eigenvalue weighted by atomic mass is 16.2. The lowest BCUT2D eigenvalue weighted by Gasteiger charge is -2.40. The number of nitrogens with one attached hydrogen (secondary N) is 1. The standard InChI is InChI=1S/C17H26N4O/c1-2-20-11-12-21(13-15(20)16-18-9-10-19-16)17(22)14-7-5-3-4-6-8-14/h7,9-10,15H,2-6,8,11-13H2,1H3,(H,18,19)/t15-/m1/s1. The summed E-state index contributed by atoms with van der Waals surface area (Å²) in [5, 5.41) is 0. The third kappa shape index (κ3) is 3.24. The number of H-pyrrole nitrogens is 1. The van der Waals surface area contributed by atoms with Gasteiger partial charge in [-0.2, -0.15) is 0 Å². The topological polar surface area (TPSA) is 52.2 Å².